The van der Waals surface area contributed by atoms with E-state index < -0.39 is 10.8 Å². The molecule has 1 aromatic carbocycles. The van der Waals surface area contributed by atoms with Gasteiger partial charge in [0.1, 0.15) is 4.92 Å². The average molecular weight is 372 g/mol. The predicted octanol–water partition coefficient (Wildman–Crippen LogP) is 4.84. The van der Waals surface area contributed by atoms with E-state index in [1.54, 1.807) is 18.2 Å². The van der Waals surface area contributed by atoms with Crippen LogP contribution < -0.4 is 0 Å². The van der Waals surface area contributed by atoms with Crippen molar-refractivity contribution in [1.29, 1.82) is 0 Å². The average Bonchev–Trinajstić information content (AvgIpc) is 3.15. The molecule has 0 bridgehead atoms. The fourth-order valence-corrected chi connectivity index (χ4v) is 3.22. The molecule has 0 atom stereocenters. The Hall–Kier alpha value is -2.03. The van der Waals surface area contributed by atoms with Crippen LogP contribution in [0.1, 0.15) is 5.56 Å². The molecule has 10 heteroatoms. The van der Waals surface area contributed by atoms with E-state index >= 15 is 0 Å². The molecular formula is C13H7Cl2N3O4S. The summed E-state index contributed by atoms with van der Waals surface area (Å²) < 4.78 is 10.4. The first kappa shape index (κ1) is 15.9. The Morgan fingerprint density at radius 1 is 1.13 bits per heavy atom. The highest BCUT2D eigenvalue weighted by molar-refractivity contribution is 7.98. The van der Waals surface area contributed by atoms with Crippen LogP contribution in [0.4, 0.5) is 5.88 Å². The summed E-state index contributed by atoms with van der Waals surface area (Å²) in [5.74, 6) is 0.242. The first-order valence-electron chi connectivity index (χ1n) is 6.18. The van der Waals surface area contributed by atoms with E-state index in [-0.39, 0.29) is 16.9 Å². The Morgan fingerprint density at radius 3 is 2.52 bits per heavy atom. The molecule has 0 aliphatic carbocycles. The Bertz CT molecular complexity index is 844. The van der Waals surface area contributed by atoms with Crippen LogP contribution in [0.15, 0.2) is 44.4 Å². The highest BCUT2D eigenvalue weighted by Crippen LogP contribution is 2.32. The summed E-state index contributed by atoms with van der Waals surface area (Å²) in [6, 6.07) is 7.85. The van der Waals surface area contributed by atoms with Gasteiger partial charge < -0.3 is 8.83 Å². The molecule has 0 aliphatic heterocycles. The van der Waals surface area contributed by atoms with Crippen LogP contribution in [-0.2, 0) is 5.75 Å². The molecule has 3 rings (SSSR count). The van der Waals surface area contributed by atoms with Gasteiger partial charge in [0.15, 0.2) is 5.76 Å². The zero-order valence-electron chi connectivity index (χ0n) is 11.2. The van der Waals surface area contributed by atoms with Crippen molar-refractivity contribution < 1.29 is 13.8 Å². The van der Waals surface area contributed by atoms with Crippen molar-refractivity contribution in [2.75, 3.05) is 0 Å². The van der Waals surface area contributed by atoms with Gasteiger partial charge in [-0.15, -0.1) is 10.2 Å². The minimum absolute atomic E-state index is 0.0610. The monoisotopic (exact) mass is 371 g/mol. The number of nitro groups is 1. The lowest BCUT2D eigenvalue weighted by Crippen LogP contribution is -1.84. The van der Waals surface area contributed by atoms with Crippen molar-refractivity contribution in [2.24, 2.45) is 0 Å². The molecule has 0 radical (unpaired) electrons. The molecule has 0 saturated heterocycles. The second-order valence-corrected chi connectivity index (χ2v) is 6.00. The largest absolute Gasteiger partial charge is 0.433 e. The summed E-state index contributed by atoms with van der Waals surface area (Å²) in [6.07, 6.45) is 0. The van der Waals surface area contributed by atoms with E-state index in [1.807, 2.05) is 0 Å². The smallest absolute Gasteiger partial charge is 0.408 e. The molecule has 0 N–H and O–H groups in total. The minimum Gasteiger partial charge on any atom is -0.408 e. The van der Waals surface area contributed by atoms with E-state index in [1.165, 1.54) is 23.9 Å². The number of hydrogen-bond acceptors (Lipinski definition) is 7. The van der Waals surface area contributed by atoms with Crippen LogP contribution >= 0.6 is 35.0 Å². The molecule has 0 amide bonds. The van der Waals surface area contributed by atoms with Crippen LogP contribution in [0.2, 0.25) is 10.0 Å². The molecule has 3 aromatic rings. The number of benzene rings is 1. The maximum absolute atomic E-state index is 10.6. The molecule has 7 nitrogen and oxygen atoms in total. The summed E-state index contributed by atoms with van der Waals surface area (Å²) in [4.78, 5) is 9.95. The predicted molar refractivity (Wildman–Crippen MR) is 84.7 cm³/mol. The van der Waals surface area contributed by atoms with Gasteiger partial charge in [0, 0.05) is 15.8 Å². The number of hydrogen-bond donors (Lipinski definition) is 0. The third kappa shape index (κ3) is 3.49. The molecule has 0 saturated carbocycles. The summed E-state index contributed by atoms with van der Waals surface area (Å²) >= 11 is 13.4. The summed E-state index contributed by atoms with van der Waals surface area (Å²) in [5, 5.41) is 19.6. The SMILES string of the molecule is O=[N+]([O-])c1ccc(-c2nnc(SCc3c(Cl)cccc3Cl)o2)o1. The van der Waals surface area contributed by atoms with Crippen molar-refractivity contribution >= 4 is 40.8 Å². The van der Waals surface area contributed by atoms with Gasteiger partial charge in [0.2, 0.25) is 0 Å². The van der Waals surface area contributed by atoms with E-state index in [4.69, 9.17) is 32.0 Å². The van der Waals surface area contributed by atoms with E-state index in [9.17, 15) is 10.1 Å². The van der Waals surface area contributed by atoms with Gasteiger partial charge in [-0.3, -0.25) is 10.1 Å². The minimum atomic E-state index is -0.644. The van der Waals surface area contributed by atoms with E-state index in [0.717, 1.165) is 5.56 Å². The van der Waals surface area contributed by atoms with Gasteiger partial charge in [-0.1, -0.05) is 41.0 Å². The molecule has 118 valence electrons. The quantitative estimate of drug-likeness (QED) is 0.359. The Morgan fingerprint density at radius 2 is 1.87 bits per heavy atom. The van der Waals surface area contributed by atoms with Crippen molar-refractivity contribution in [3.63, 3.8) is 0 Å². The van der Waals surface area contributed by atoms with Crippen molar-refractivity contribution in [1.82, 2.24) is 10.2 Å². The lowest BCUT2D eigenvalue weighted by molar-refractivity contribution is -0.401. The number of nitrogens with zero attached hydrogens (tertiary/aromatic N) is 3. The third-order valence-electron chi connectivity index (χ3n) is 2.79. The number of rotatable bonds is 5. The van der Waals surface area contributed by atoms with Gasteiger partial charge in [-0.25, -0.2) is 0 Å². The molecule has 0 spiro atoms. The second kappa shape index (κ2) is 6.61. The molecule has 2 aromatic heterocycles. The van der Waals surface area contributed by atoms with E-state index in [2.05, 4.69) is 10.2 Å². The summed E-state index contributed by atoms with van der Waals surface area (Å²) in [5.41, 5.74) is 0.759. The van der Waals surface area contributed by atoms with Crippen LogP contribution in [-0.4, -0.2) is 15.1 Å². The Balaban J connectivity index is 1.73. The zero-order chi connectivity index (χ0) is 16.4. The lowest BCUT2D eigenvalue weighted by Gasteiger charge is -2.03. The van der Waals surface area contributed by atoms with Gasteiger partial charge in [-0.2, -0.15) is 0 Å². The highest BCUT2D eigenvalue weighted by atomic mass is 35.5. The van der Waals surface area contributed by atoms with Gasteiger partial charge in [0.05, 0.1) is 6.07 Å². The highest BCUT2D eigenvalue weighted by Gasteiger charge is 2.18. The van der Waals surface area contributed by atoms with E-state index in [0.29, 0.717) is 15.8 Å². The molecule has 23 heavy (non-hydrogen) atoms. The number of thioether (sulfide) groups is 1. The fraction of sp³-hybridized carbons (Fsp3) is 0.0769. The number of furan rings is 1. The number of aromatic nitrogens is 2. The van der Waals surface area contributed by atoms with Gasteiger partial charge >= 0.3 is 5.88 Å². The fourth-order valence-electron chi connectivity index (χ4n) is 1.71. The van der Waals surface area contributed by atoms with Crippen LogP contribution in [0.5, 0.6) is 0 Å². The normalized spacial score (nSPS) is 10.9. The first-order chi connectivity index (χ1) is 11.0. The van der Waals surface area contributed by atoms with Crippen molar-refractivity contribution in [2.45, 2.75) is 11.0 Å². The van der Waals surface area contributed by atoms with Gasteiger partial charge in [-0.05, 0) is 23.8 Å². The maximum atomic E-state index is 10.6. The zero-order valence-corrected chi connectivity index (χ0v) is 13.6. The summed E-state index contributed by atoms with van der Waals surface area (Å²) in [7, 11) is 0. The lowest BCUT2D eigenvalue weighted by atomic mass is 10.2. The molecule has 0 fully saturated rings. The van der Waals surface area contributed by atoms with Crippen LogP contribution in [0, 0.1) is 10.1 Å². The Kier molecular flexibility index (Phi) is 4.56. The first-order valence-corrected chi connectivity index (χ1v) is 7.92. The second-order valence-electron chi connectivity index (χ2n) is 4.26. The maximum Gasteiger partial charge on any atom is 0.433 e. The van der Waals surface area contributed by atoms with Gasteiger partial charge in [0.25, 0.3) is 11.1 Å². The van der Waals surface area contributed by atoms with Crippen molar-refractivity contribution in [3.8, 4) is 11.7 Å². The summed E-state index contributed by atoms with van der Waals surface area (Å²) in [6.45, 7) is 0. The van der Waals surface area contributed by atoms with Crippen molar-refractivity contribution in [3.05, 3.63) is 56.1 Å². The standard InChI is InChI=1S/C13H7Cl2N3O4S/c14-8-2-1-3-9(15)7(8)6-23-13-17-16-12(22-13)10-4-5-11(21-10)18(19)20/h1-5H,6H2. The van der Waals surface area contributed by atoms with Crippen LogP contribution in [0.3, 0.4) is 0 Å². The van der Waals surface area contributed by atoms with Crippen LogP contribution in [0.25, 0.3) is 11.7 Å². The molecule has 0 unspecified atom stereocenters. The molecular weight excluding hydrogens is 365 g/mol. The third-order valence-corrected chi connectivity index (χ3v) is 4.34. The Labute approximate surface area is 143 Å². The number of halogens is 2. The molecule has 2 heterocycles. The molecule has 0 aliphatic rings. The topological polar surface area (TPSA) is 95.2 Å².